The van der Waals surface area contributed by atoms with E-state index in [1.165, 1.54) is 0 Å². The first-order valence-corrected chi connectivity index (χ1v) is 6.97. The van der Waals surface area contributed by atoms with E-state index in [1.807, 2.05) is 65.2 Å². The van der Waals surface area contributed by atoms with Crippen molar-refractivity contribution in [2.45, 2.75) is 32.9 Å². The van der Waals surface area contributed by atoms with Gasteiger partial charge in [-0.1, -0.05) is 51.1 Å². The second kappa shape index (κ2) is 6.86. The van der Waals surface area contributed by atoms with Crippen LogP contribution in [-0.4, -0.2) is 37.5 Å². The highest BCUT2D eigenvalue weighted by atomic mass is 16.2. The molecule has 1 rings (SSSR count). The van der Waals surface area contributed by atoms with Crippen LogP contribution in [0, 0.1) is 5.41 Å². The molecule has 20 heavy (non-hydrogen) atoms. The molecule has 112 valence electrons. The third-order valence-electron chi connectivity index (χ3n) is 3.28. The molecule has 0 aromatic heterocycles. The summed E-state index contributed by atoms with van der Waals surface area (Å²) in [7, 11) is 3.98. The fourth-order valence-electron chi connectivity index (χ4n) is 1.94. The Balaban J connectivity index is 2.84. The first kappa shape index (κ1) is 16.7. The van der Waals surface area contributed by atoms with Crippen LogP contribution in [0.5, 0.6) is 0 Å². The molecule has 0 aliphatic heterocycles. The third kappa shape index (κ3) is 4.94. The van der Waals surface area contributed by atoms with Crippen molar-refractivity contribution in [2.24, 2.45) is 11.1 Å². The summed E-state index contributed by atoms with van der Waals surface area (Å²) >= 11 is 0. The fourth-order valence-corrected chi connectivity index (χ4v) is 1.94. The Morgan fingerprint density at radius 2 is 1.80 bits per heavy atom. The topological polar surface area (TPSA) is 58.4 Å². The highest BCUT2D eigenvalue weighted by Crippen LogP contribution is 2.19. The zero-order valence-electron chi connectivity index (χ0n) is 13.2. The van der Waals surface area contributed by atoms with Crippen LogP contribution in [0.3, 0.4) is 0 Å². The molecule has 0 bridgehead atoms. The van der Waals surface area contributed by atoms with Crippen LogP contribution >= 0.6 is 0 Å². The molecular weight excluding hydrogens is 250 g/mol. The average Bonchev–Trinajstić information content (AvgIpc) is 2.36. The smallest absolute Gasteiger partial charge is 0.237 e. The number of amides is 1. The van der Waals surface area contributed by atoms with Crippen molar-refractivity contribution in [3.8, 4) is 0 Å². The molecule has 2 atom stereocenters. The zero-order valence-corrected chi connectivity index (χ0v) is 13.2. The molecule has 0 heterocycles. The first-order valence-electron chi connectivity index (χ1n) is 6.97. The van der Waals surface area contributed by atoms with E-state index in [0.717, 1.165) is 12.1 Å². The molecule has 0 aliphatic carbocycles. The van der Waals surface area contributed by atoms with Gasteiger partial charge in [-0.2, -0.15) is 0 Å². The Bertz CT molecular complexity index is 423. The first-order chi connectivity index (χ1) is 9.21. The summed E-state index contributed by atoms with van der Waals surface area (Å²) in [5, 5.41) is 3.07. The lowest BCUT2D eigenvalue weighted by Gasteiger charge is -2.29. The predicted molar refractivity (Wildman–Crippen MR) is 83.3 cm³/mol. The largest absolute Gasteiger partial charge is 0.347 e. The van der Waals surface area contributed by atoms with Gasteiger partial charge >= 0.3 is 0 Å². The average molecular weight is 277 g/mol. The molecule has 0 fully saturated rings. The number of likely N-dealkylation sites (N-methyl/N-ethyl adjacent to an activating group) is 1. The summed E-state index contributed by atoms with van der Waals surface area (Å²) in [6.07, 6.45) is 0. The van der Waals surface area contributed by atoms with E-state index in [-0.39, 0.29) is 17.4 Å². The molecule has 1 unspecified atom stereocenters. The van der Waals surface area contributed by atoms with Gasteiger partial charge in [0.25, 0.3) is 0 Å². The Morgan fingerprint density at radius 1 is 1.25 bits per heavy atom. The zero-order chi connectivity index (χ0) is 15.3. The number of nitrogens with one attached hydrogen (secondary N) is 1. The Kier molecular flexibility index (Phi) is 5.72. The van der Waals surface area contributed by atoms with E-state index in [4.69, 9.17) is 5.73 Å². The number of nitrogens with two attached hydrogens (primary N) is 1. The van der Waals surface area contributed by atoms with Crippen molar-refractivity contribution in [1.29, 1.82) is 0 Å². The lowest BCUT2D eigenvalue weighted by atomic mass is 9.86. The van der Waals surface area contributed by atoms with Gasteiger partial charge < -0.3 is 16.0 Å². The van der Waals surface area contributed by atoms with Crippen LogP contribution < -0.4 is 11.1 Å². The van der Waals surface area contributed by atoms with Gasteiger partial charge in [-0.05, 0) is 25.1 Å². The molecule has 1 aromatic rings. The quantitative estimate of drug-likeness (QED) is 0.862. The van der Waals surface area contributed by atoms with Crippen molar-refractivity contribution in [1.82, 2.24) is 10.2 Å². The number of rotatable bonds is 5. The molecule has 0 spiro atoms. The van der Waals surface area contributed by atoms with Crippen LogP contribution in [0.15, 0.2) is 30.3 Å². The molecule has 0 radical (unpaired) electrons. The van der Waals surface area contributed by atoms with Crippen LogP contribution in [-0.2, 0) is 4.79 Å². The number of hydrogen-bond acceptors (Lipinski definition) is 3. The highest BCUT2D eigenvalue weighted by Gasteiger charge is 2.29. The second-order valence-electron chi connectivity index (χ2n) is 6.58. The number of benzene rings is 1. The van der Waals surface area contributed by atoms with Crippen LogP contribution in [0.4, 0.5) is 0 Å². The van der Waals surface area contributed by atoms with Crippen LogP contribution in [0.2, 0.25) is 0 Å². The molecule has 0 saturated heterocycles. The lowest BCUT2D eigenvalue weighted by Crippen LogP contribution is -2.50. The molecule has 3 N–H and O–H groups in total. The summed E-state index contributed by atoms with van der Waals surface area (Å²) in [4.78, 5) is 14.4. The van der Waals surface area contributed by atoms with Crippen molar-refractivity contribution in [3.63, 3.8) is 0 Å². The monoisotopic (exact) mass is 277 g/mol. The number of hydrogen-bond donors (Lipinski definition) is 2. The summed E-state index contributed by atoms with van der Waals surface area (Å²) in [6.45, 7) is 6.66. The van der Waals surface area contributed by atoms with E-state index in [1.54, 1.807) is 0 Å². The van der Waals surface area contributed by atoms with Crippen LogP contribution in [0.25, 0.3) is 0 Å². The minimum absolute atomic E-state index is 0.0490. The van der Waals surface area contributed by atoms with Gasteiger partial charge in [0.05, 0.1) is 12.1 Å². The fraction of sp³-hybridized carbons (Fsp3) is 0.562. The molecular formula is C16H27N3O. The van der Waals surface area contributed by atoms with Gasteiger partial charge in [0.15, 0.2) is 0 Å². The van der Waals surface area contributed by atoms with Gasteiger partial charge in [0.1, 0.15) is 0 Å². The maximum absolute atomic E-state index is 12.3. The Hall–Kier alpha value is -1.39. The van der Waals surface area contributed by atoms with E-state index in [0.29, 0.717) is 0 Å². The van der Waals surface area contributed by atoms with Crippen molar-refractivity contribution in [2.75, 3.05) is 20.6 Å². The van der Waals surface area contributed by atoms with Crippen LogP contribution in [0.1, 0.15) is 32.4 Å². The number of nitrogens with zero attached hydrogens (tertiary/aromatic N) is 1. The minimum Gasteiger partial charge on any atom is -0.347 e. The van der Waals surface area contributed by atoms with Gasteiger partial charge in [-0.25, -0.2) is 0 Å². The van der Waals surface area contributed by atoms with E-state index >= 15 is 0 Å². The van der Waals surface area contributed by atoms with Gasteiger partial charge in [0.2, 0.25) is 5.91 Å². The van der Waals surface area contributed by atoms with Gasteiger partial charge in [-0.3, -0.25) is 4.79 Å². The van der Waals surface area contributed by atoms with Crippen molar-refractivity contribution in [3.05, 3.63) is 35.9 Å². The van der Waals surface area contributed by atoms with Crippen molar-refractivity contribution < 1.29 is 4.79 Å². The maximum Gasteiger partial charge on any atom is 0.237 e. The van der Waals surface area contributed by atoms with Crippen molar-refractivity contribution >= 4 is 5.91 Å². The van der Waals surface area contributed by atoms with E-state index < -0.39 is 6.04 Å². The standard InChI is InChI=1S/C16H27N3O/c1-16(2,3)14(17)15(20)18-13(11-19(4)5)12-9-7-6-8-10-12/h6-10,13-14H,11,17H2,1-5H3,(H,18,20)/t13?,14-/m0/s1. The van der Waals surface area contributed by atoms with Gasteiger partial charge in [-0.15, -0.1) is 0 Å². The molecule has 4 heteroatoms. The molecule has 1 aromatic carbocycles. The minimum atomic E-state index is -0.518. The third-order valence-corrected chi connectivity index (χ3v) is 3.28. The summed E-state index contributed by atoms with van der Waals surface area (Å²) in [5.74, 6) is -0.104. The van der Waals surface area contributed by atoms with E-state index in [2.05, 4.69) is 10.2 Å². The molecule has 0 saturated carbocycles. The number of carbonyl (C=O) groups is 1. The summed E-state index contributed by atoms with van der Waals surface area (Å²) in [6, 6.07) is 9.41. The number of carbonyl (C=O) groups excluding carboxylic acids is 1. The lowest BCUT2D eigenvalue weighted by molar-refractivity contribution is -0.125. The maximum atomic E-state index is 12.3. The molecule has 0 aliphatic rings. The normalized spacial score (nSPS) is 14.9. The molecule has 4 nitrogen and oxygen atoms in total. The SMILES string of the molecule is CN(C)CC(NC(=O)[C@H](N)C(C)(C)C)c1ccccc1. The Morgan fingerprint density at radius 3 is 2.25 bits per heavy atom. The molecule has 1 amide bonds. The van der Waals surface area contributed by atoms with E-state index in [9.17, 15) is 4.79 Å². The summed E-state index contributed by atoms with van der Waals surface area (Å²) in [5.41, 5.74) is 6.87. The second-order valence-corrected chi connectivity index (χ2v) is 6.58. The predicted octanol–water partition coefficient (Wildman–Crippen LogP) is 1.78. The highest BCUT2D eigenvalue weighted by molar-refractivity contribution is 5.82. The Labute approximate surface area is 122 Å². The summed E-state index contributed by atoms with van der Waals surface area (Å²) < 4.78 is 0. The van der Waals surface area contributed by atoms with Gasteiger partial charge in [0, 0.05) is 6.54 Å².